The van der Waals surface area contributed by atoms with E-state index in [1.807, 2.05) is 4.72 Å². The molecule has 6 unspecified atom stereocenters. The lowest BCUT2D eigenvalue weighted by Gasteiger charge is -2.26. The molecule has 2 aliphatic rings. The second-order valence-corrected chi connectivity index (χ2v) is 13.2. The molecule has 0 aromatic carbocycles. The highest BCUT2D eigenvalue weighted by Crippen LogP contribution is 2.40. The van der Waals surface area contributed by atoms with Gasteiger partial charge in [-0.1, -0.05) is 20.3 Å². The number of hydrogen-bond acceptors (Lipinski definition) is 14. The van der Waals surface area contributed by atoms with E-state index in [0.29, 0.717) is 6.42 Å². The van der Waals surface area contributed by atoms with Crippen LogP contribution in [0.5, 0.6) is 0 Å². The fraction of sp³-hybridized carbons (Fsp3) is 0.731. The van der Waals surface area contributed by atoms with Crippen LogP contribution in [-0.2, 0) is 43.0 Å². The zero-order valence-electron chi connectivity index (χ0n) is 25.5. The molecule has 2 N–H and O–H groups in total. The normalized spacial score (nSPS) is 24.2. The molecule has 0 saturated carbocycles. The van der Waals surface area contributed by atoms with Gasteiger partial charge < -0.3 is 33.4 Å². The highest BCUT2D eigenvalue weighted by atomic mass is 32.2. The van der Waals surface area contributed by atoms with Crippen LogP contribution in [0.4, 0.5) is 10.7 Å². The summed E-state index contributed by atoms with van der Waals surface area (Å²) in [4.78, 5) is 47.3. The quantitative estimate of drug-likeness (QED) is 0.178. The van der Waals surface area contributed by atoms with E-state index in [0.717, 1.165) is 12.1 Å². The summed E-state index contributed by atoms with van der Waals surface area (Å²) in [5.41, 5.74) is -0.836. The zero-order chi connectivity index (χ0) is 33.0. The van der Waals surface area contributed by atoms with E-state index >= 15 is 0 Å². The fourth-order valence-electron chi connectivity index (χ4n) is 4.52. The largest absolute Gasteiger partial charge is 0.460 e. The van der Waals surface area contributed by atoms with Gasteiger partial charge in [0.05, 0.1) is 25.4 Å². The third-order valence-electron chi connectivity index (χ3n) is 6.64. The Hall–Kier alpha value is -3.32. The van der Waals surface area contributed by atoms with Crippen molar-refractivity contribution in [3.8, 4) is 0 Å². The first kappa shape index (κ1) is 35.2. The number of esters is 1. The van der Waals surface area contributed by atoms with Crippen LogP contribution >= 0.6 is 0 Å². The van der Waals surface area contributed by atoms with E-state index in [9.17, 15) is 32.9 Å². The van der Waals surface area contributed by atoms with Gasteiger partial charge in [0.1, 0.15) is 34.9 Å². The third-order valence-corrected chi connectivity index (χ3v) is 7.53. The van der Waals surface area contributed by atoms with Crippen molar-refractivity contribution >= 4 is 34.2 Å². The molecule has 0 radical (unpaired) electrons. The van der Waals surface area contributed by atoms with Gasteiger partial charge in [0.25, 0.3) is 5.91 Å². The van der Waals surface area contributed by atoms with Crippen molar-refractivity contribution in [2.24, 2.45) is 5.92 Å². The first-order chi connectivity index (χ1) is 20.3. The Morgan fingerprint density at radius 3 is 2.34 bits per heavy atom. The average molecular weight is 650 g/mol. The van der Waals surface area contributed by atoms with E-state index in [1.54, 1.807) is 48.5 Å². The molecule has 6 atom stereocenters. The molecule has 2 fully saturated rings. The summed E-state index contributed by atoms with van der Waals surface area (Å²) in [7, 11) is -4.66. The summed E-state index contributed by atoms with van der Waals surface area (Å²) in [5, 5.41) is 13.2. The van der Waals surface area contributed by atoms with Crippen LogP contribution < -0.4 is 10.0 Å². The number of carbonyl (C=O) groups is 3. The number of ether oxygens (including phenoxy) is 5. The molecule has 0 bridgehead atoms. The summed E-state index contributed by atoms with van der Waals surface area (Å²) < 4.78 is 65.2. The number of nitro groups is 1. The number of alkyl carbamates (subject to hydrolysis) is 1. The van der Waals surface area contributed by atoms with E-state index < -0.39 is 93.5 Å². The van der Waals surface area contributed by atoms with Gasteiger partial charge in [-0.15, -0.1) is 0 Å². The summed E-state index contributed by atoms with van der Waals surface area (Å²) in [6, 6.07) is 0.910. The summed E-state index contributed by atoms with van der Waals surface area (Å²) in [5.74, 6) is -4.38. The predicted molar refractivity (Wildman–Crippen MR) is 148 cm³/mol. The summed E-state index contributed by atoms with van der Waals surface area (Å²) >= 11 is 0. The highest BCUT2D eigenvalue weighted by Gasteiger charge is 2.55. The lowest BCUT2D eigenvalue weighted by Crippen LogP contribution is -2.52. The van der Waals surface area contributed by atoms with E-state index in [4.69, 9.17) is 32.3 Å². The van der Waals surface area contributed by atoms with Crippen LogP contribution in [0.2, 0.25) is 0 Å². The Labute approximate surface area is 254 Å². The minimum atomic E-state index is -4.66. The summed E-state index contributed by atoms with van der Waals surface area (Å²) in [6.45, 7) is 11.0. The van der Waals surface area contributed by atoms with Crippen LogP contribution in [0, 0.1) is 16.0 Å². The first-order valence-electron chi connectivity index (χ1n) is 13.9. The molecule has 1 aromatic heterocycles. The number of hydrogen-bond donors (Lipinski definition) is 2. The Bertz CT molecular complexity index is 1320. The summed E-state index contributed by atoms with van der Waals surface area (Å²) in [6.07, 6.45) is -3.43. The highest BCUT2D eigenvalue weighted by molar-refractivity contribution is 7.85. The van der Waals surface area contributed by atoms with Crippen molar-refractivity contribution in [3.63, 3.8) is 0 Å². The number of rotatable bonds is 13. The molecule has 3 heterocycles. The van der Waals surface area contributed by atoms with Gasteiger partial charge in [0.2, 0.25) is 5.76 Å². The maximum absolute atomic E-state index is 12.9. The number of carbonyl (C=O) groups excluding carboxylic acids is 3. The molecular weight excluding hydrogens is 610 g/mol. The van der Waals surface area contributed by atoms with Crippen molar-refractivity contribution in [1.82, 2.24) is 10.0 Å². The molecule has 3 rings (SSSR count). The monoisotopic (exact) mass is 649 g/mol. The minimum Gasteiger partial charge on any atom is -0.460 e. The number of furan rings is 1. The van der Waals surface area contributed by atoms with Crippen LogP contribution in [0.15, 0.2) is 16.5 Å². The molecule has 2 amide bonds. The maximum Gasteiger partial charge on any atom is 0.433 e. The number of nitrogens with zero attached hydrogens (tertiary/aromatic N) is 1. The smallest absolute Gasteiger partial charge is 0.433 e. The Morgan fingerprint density at radius 2 is 1.77 bits per heavy atom. The molecule has 1 aromatic rings. The van der Waals surface area contributed by atoms with Gasteiger partial charge in [0.15, 0.2) is 5.79 Å². The van der Waals surface area contributed by atoms with Crippen LogP contribution in [0.25, 0.3) is 0 Å². The average Bonchev–Trinajstić information content (AvgIpc) is 3.58. The van der Waals surface area contributed by atoms with Gasteiger partial charge in [-0.25, -0.2) is 14.3 Å². The topological polar surface area (TPSA) is 221 Å². The predicted octanol–water partition coefficient (Wildman–Crippen LogP) is 2.34. The van der Waals surface area contributed by atoms with Crippen molar-refractivity contribution in [3.05, 3.63) is 28.0 Å². The van der Waals surface area contributed by atoms with E-state index in [1.165, 1.54) is 0 Å². The molecule has 17 nitrogen and oxygen atoms in total. The second-order valence-electron chi connectivity index (χ2n) is 11.8. The van der Waals surface area contributed by atoms with Gasteiger partial charge >= 0.3 is 28.3 Å². The van der Waals surface area contributed by atoms with Gasteiger partial charge in [-0.2, -0.15) is 8.42 Å². The molecule has 0 spiro atoms. The maximum atomic E-state index is 12.9. The minimum absolute atomic E-state index is 0.0993. The first-order valence-corrected chi connectivity index (χ1v) is 15.3. The van der Waals surface area contributed by atoms with E-state index in [2.05, 4.69) is 5.32 Å². The standard InChI is InChI=1S/C26H39N3O14S/c1-8-14(2)19(27-24(32)43-25(3,4)5)22(30)28-44(35,36)38-13-17-21-20(41-26(6,7)42-21)15(39-17)11-12-37-23(31)16-9-10-18(40-16)29(33)34/h9-10,14-15,17,19-21H,8,11-13H2,1-7H3,(H,27,32)(H,28,30). The van der Waals surface area contributed by atoms with Gasteiger partial charge in [0, 0.05) is 6.42 Å². The molecular formula is C26H39N3O14S. The molecule has 2 saturated heterocycles. The van der Waals surface area contributed by atoms with E-state index in [-0.39, 0.29) is 18.8 Å². The molecule has 2 aliphatic heterocycles. The van der Waals surface area contributed by atoms with Crippen LogP contribution in [0.3, 0.4) is 0 Å². The van der Waals surface area contributed by atoms with Gasteiger partial charge in [-0.3, -0.25) is 19.1 Å². The molecule has 248 valence electrons. The Balaban J connectivity index is 1.58. The second kappa shape index (κ2) is 13.8. The lowest BCUT2D eigenvalue weighted by molar-refractivity contribution is -0.402. The Kier molecular flexibility index (Phi) is 11.0. The number of nitrogens with one attached hydrogen (secondary N) is 2. The zero-order valence-corrected chi connectivity index (χ0v) is 26.3. The van der Waals surface area contributed by atoms with Crippen molar-refractivity contribution in [1.29, 1.82) is 0 Å². The SMILES string of the molecule is CCC(C)C(NC(=O)OC(C)(C)C)C(=O)NS(=O)(=O)OCC1OC(CCOC(=O)c2ccc([N+](=O)[O-])o2)C2OC(C)(C)OC12. The van der Waals surface area contributed by atoms with Crippen LogP contribution in [0.1, 0.15) is 71.9 Å². The molecule has 18 heteroatoms. The molecule has 0 aliphatic carbocycles. The lowest BCUT2D eigenvalue weighted by atomic mass is 9.99. The van der Waals surface area contributed by atoms with Crippen molar-refractivity contribution < 1.29 is 60.0 Å². The fourth-order valence-corrected chi connectivity index (χ4v) is 5.27. The van der Waals surface area contributed by atoms with Crippen molar-refractivity contribution in [2.45, 2.75) is 103 Å². The molecule has 44 heavy (non-hydrogen) atoms. The van der Waals surface area contributed by atoms with Gasteiger partial charge in [-0.05, 0) is 46.6 Å². The number of amides is 2. The number of fused-ring (bicyclic) bond motifs is 1. The van der Waals surface area contributed by atoms with Crippen molar-refractivity contribution in [2.75, 3.05) is 13.2 Å². The van der Waals surface area contributed by atoms with Crippen LogP contribution in [-0.4, -0.2) is 86.4 Å². The Morgan fingerprint density at radius 1 is 1.14 bits per heavy atom. The third kappa shape index (κ3) is 9.59.